The van der Waals surface area contributed by atoms with Crippen LogP contribution in [0.4, 0.5) is 0 Å². The van der Waals surface area contributed by atoms with E-state index in [-0.39, 0.29) is 30.6 Å². The van der Waals surface area contributed by atoms with E-state index in [1.54, 1.807) is 19.1 Å². The van der Waals surface area contributed by atoms with Gasteiger partial charge in [-0.2, -0.15) is 0 Å². The van der Waals surface area contributed by atoms with E-state index in [9.17, 15) is 14.4 Å². The number of esters is 1. The van der Waals surface area contributed by atoms with Crippen LogP contribution < -0.4 is 5.32 Å². The standard InChI is InChI=1S/C19H20ClNO4/c1-3-25-19(24)16-10(2)8-14-17(18(16)23)12(9-15(22)21-14)11-6-4-5-7-13(11)20/h4-7,10,12,16H,3,8-9H2,1-2H3,(H,21,22). The van der Waals surface area contributed by atoms with Crippen molar-refractivity contribution in [3.05, 3.63) is 46.1 Å². The van der Waals surface area contributed by atoms with Crippen molar-refractivity contribution in [1.29, 1.82) is 0 Å². The summed E-state index contributed by atoms with van der Waals surface area (Å²) in [6.45, 7) is 3.77. The molecular formula is C19H20ClNO4. The van der Waals surface area contributed by atoms with Gasteiger partial charge >= 0.3 is 5.97 Å². The van der Waals surface area contributed by atoms with Crippen LogP contribution in [0.3, 0.4) is 0 Å². The molecule has 0 bridgehead atoms. The van der Waals surface area contributed by atoms with Crippen LogP contribution >= 0.6 is 11.6 Å². The van der Waals surface area contributed by atoms with Crippen LogP contribution in [0.25, 0.3) is 0 Å². The SMILES string of the molecule is CCOC(=O)C1C(=O)C2=C(CC1C)NC(=O)CC2c1ccccc1Cl. The lowest BCUT2D eigenvalue weighted by molar-refractivity contribution is -0.153. The number of halogens is 1. The molecule has 3 rings (SSSR count). The fraction of sp³-hybridized carbons (Fsp3) is 0.421. The number of allylic oxidation sites excluding steroid dienone is 2. The number of amides is 1. The number of hydrogen-bond acceptors (Lipinski definition) is 4. The summed E-state index contributed by atoms with van der Waals surface area (Å²) in [5.41, 5.74) is 1.83. The van der Waals surface area contributed by atoms with E-state index in [1.165, 1.54) is 0 Å². The Morgan fingerprint density at radius 2 is 2.00 bits per heavy atom. The van der Waals surface area contributed by atoms with Crippen LogP contribution in [-0.2, 0) is 19.1 Å². The van der Waals surface area contributed by atoms with E-state index in [0.717, 1.165) is 5.56 Å². The monoisotopic (exact) mass is 361 g/mol. The molecule has 0 fully saturated rings. The zero-order valence-electron chi connectivity index (χ0n) is 14.2. The van der Waals surface area contributed by atoms with Gasteiger partial charge in [0.25, 0.3) is 0 Å². The summed E-state index contributed by atoms with van der Waals surface area (Å²) < 4.78 is 5.09. The summed E-state index contributed by atoms with van der Waals surface area (Å²) in [5.74, 6) is -2.40. The molecule has 1 aliphatic heterocycles. The first-order valence-electron chi connectivity index (χ1n) is 8.42. The lowest BCUT2D eigenvalue weighted by Gasteiger charge is -2.36. The summed E-state index contributed by atoms with van der Waals surface area (Å²) in [7, 11) is 0. The second-order valence-corrected chi connectivity index (χ2v) is 6.90. The molecule has 0 saturated heterocycles. The summed E-state index contributed by atoms with van der Waals surface area (Å²) in [4.78, 5) is 37.6. The van der Waals surface area contributed by atoms with Gasteiger partial charge in [0.1, 0.15) is 5.92 Å². The van der Waals surface area contributed by atoms with Gasteiger partial charge in [-0.15, -0.1) is 0 Å². The van der Waals surface area contributed by atoms with E-state index in [2.05, 4.69) is 5.32 Å². The third kappa shape index (κ3) is 3.21. The largest absolute Gasteiger partial charge is 0.465 e. The average Bonchev–Trinajstić information content (AvgIpc) is 2.54. The fourth-order valence-corrected chi connectivity index (χ4v) is 3.99. The minimum atomic E-state index is -0.835. The second-order valence-electron chi connectivity index (χ2n) is 6.49. The molecule has 2 aliphatic rings. The Kier molecular flexibility index (Phi) is 4.95. The average molecular weight is 362 g/mol. The summed E-state index contributed by atoms with van der Waals surface area (Å²) in [5, 5.41) is 3.32. The molecule has 0 spiro atoms. The van der Waals surface area contributed by atoms with Crippen molar-refractivity contribution in [3.8, 4) is 0 Å². The van der Waals surface area contributed by atoms with Gasteiger partial charge in [0.15, 0.2) is 5.78 Å². The number of rotatable bonds is 3. The predicted octanol–water partition coefficient (Wildman–Crippen LogP) is 2.99. The maximum atomic E-state index is 13.1. The number of ketones is 1. The van der Waals surface area contributed by atoms with Crippen molar-refractivity contribution in [2.24, 2.45) is 11.8 Å². The van der Waals surface area contributed by atoms with Crippen molar-refractivity contribution < 1.29 is 19.1 Å². The van der Waals surface area contributed by atoms with Gasteiger partial charge in [-0.3, -0.25) is 14.4 Å². The molecule has 0 radical (unpaired) electrons. The molecule has 3 unspecified atom stereocenters. The molecular weight excluding hydrogens is 342 g/mol. The Balaban J connectivity index is 2.06. The molecule has 1 N–H and O–H groups in total. The Morgan fingerprint density at radius 1 is 1.28 bits per heavy atom. The van der Waals surface area contributed by atoms with E-state index in [0.29, 0.717) is 22.7 Å². The van der Waals surface area contributed by atoms with Crippen molar-refractivity contribution >= 4 is 29.3 Å². The Bertz CT molecular complexity index is 770. The molecule has 25 heavy (non-hydrogen) atoms. The lowest BCUT2D eigenvalue weighted by Crippen LogP contribution is -2.44. The highest BCUT2D eigenvalue weighted by Gasteiger charge is 2.45. The number of carbonyl (C=O) groups excluding carboxylic acids is 3. The van der Waals surface area contributed by atoms with Gasteiger partial charge in [-0.05, 0) is 30.9 Å². The third-order valence-electron chi connectivity index (χ3n) is 4.82. The first-order valence-corrected chi connectivity index (χ1v) is 8.80. The van der Waals surface area contributed by atoms with Crippen molar-refractivity contribution in [3.63, 3.8) is 0 Å². The van der Waals surface area contributed by atoms with Gasteiger partial charge in [0.05, 0.1) is 6.61 Å². The minimum Gasteiger partial charge on any atom is -0.465 e. The van der Waals surface area contributed by atoms with E-state index in [4.69, 9.17) is 16.3 Å². The number of Topliss-reactive ketones (excluding diaryl/α,β-unsaturated/α-hetero) is 1. The molecule has 1 aliphatic carbocycles. The molecule has 1 aromatic carbocycles. The smallest absolute Gasteiger partial charge is 0.317 e. The maximum Gasteiger partial charge on any atom is 0.317 e. The maximum absolute atomic E-state index is 13.1. The molecule has 0 aromatic heterocycles. The van der Waals surface area contributed by atoms with Crippen LogP contribution in [0.15, 0.2) is 35.5 Å². The molecule has 1 aromatic rings. The topological polar surface area (TPSA) is 72.5 Å². The number of ether oxygens (including phenoxy) is 1. The van der Waals surface area contributed by atoms with E-state index in [1.807, 2.05) is 19.1 Å². The summed E-state index contributed by atoms with van der Waals surface area (Å²) >= 11 is 6.30. The molecule has 5 nitrogen and oxygen atoms in total. The molecule has 3 atom stereocenters. The van der Waals surface area contributed by atoms with Gasteiger partial charge in [0, 0.05) is 28.6 Å². The predicted molar refractivity (Wildman–Crippen MR) is 92.9 cm³/mol. The van der Waals surface area contributed by atoms with Crippen molar-refractivity contribution in [1.82, 2.24) is 5.32 Å². The van der Waals surface area contributed by atoms with Gasteiger partial charge < -0.3 is 10.1 Å². The number of nitrogens with one attached hydrogen (secondary N) is 1. The van der Waals surface area contributed by atoms with Crippen LogP contribution in [-0.4, -0.2) is 24.3 Å². The Labute approximate surface area is 151 Å². The first-order chi connectivity index (χ1) is 11.9. The van der Waals surface area contributed by atoms with Crippen LogP contribution in [0, 0.1) is 11.8 Å². The normalized spacial score (nSPS) is 26.1. The Hall–Kier alpha value is -2.14. The quantitative estimate of drug-likeness (QED) is 0.663. The molecule has 0 saturated carbocycles. The highest BCUT2D eigenvalue weighted by molar-refractivity contribution is 6.31. The number of carbonyl (C=O) groups is 3. The zero-order chi connectivity index (χ0) is 18.1. The van der Waals surface area contributed by atoms with Crippen molar-refractivity contribution in [2.45, 2.75) is 32.6 Å². The van der Waals surface area contributed by atoms with Crippen LogP contribution in [0.1, 0.15) is 38.2 Å². The second kappa shape index (κ2) is 7.00. The van der Waals surface area contributed by atoms with E-state index < -0.39 is 17.8 Å². The Morgan fingerprint density at radius 3 is 2.68 bits per heavy atom. The fourth-order valence-electron chi connectivity index (χ4n) is 3.73. The highest BCUT2D eigenvalue weighted by atomic mass is 35.5. The highest BCUT2D eigenvalue weighted by Crippen LogP contribution is 2.43. The third-order valence-corrected chi connectivity index (χ3v) is 5.16. The molecule has 6 heteroatoms. The van der Waals surface area contributed by atoms with E-state index >= 15 is 0 Å². The van der Waals surface area contributed by atoms with Gasteiger partial charge in [-0.25, -0.2) is 0 Å². The number of benzene rings is 1. The molecule has 132 valence electrons. The number of hydrogen-bond donors (Lipinski definition) is 1. The lowest BCUT2D eigenvalue weighted by atomic mass is 9.70. The zero-order valence-corrected chi connectivity index (χ0v) is 14.9. The van der Waals surface area contributed by atoms with Crippen LogP contribution in [0.5, 0.6) is 0 Å². The van der Waals surface area contributed by atoms with Gasteiger partial charge in [0.2, 0.25) is 5.91 Å². The summed E-state index contributed by atoms with van der Waals surface area (Å²) in [6.07, 6.45) is 0.593. The minimum absolute atomic E-state index is 0.137. The molecule has 1 amide bonds. The van der Waals surface area contributed by atoms with Gasteiger partial charge in [-0.1, -0.05) is 36.7 Å². The first kappa shape index (κ1) is 17.7. The summed E-state index contributed by atoms with van der Waals surface area (Å²) in [6, 6.07) is 7.19. The van der Waals surface area contributed by atoms with Crippen molar-refractivity contribution in [2.75, 3.05) is 6.61 Å². The molecule has 1 heterocycles. The van der Waals surface area contributed by atoms with Crippen LogP contribution in [0.2, 0.25) is 5.02 Å².